The SMILES string of the molecule is Cc1nc2ccc(C(=O)O)cc2n1-c1cccc(I)c1. The highest BCUT2D eigenvalue weighted by molar-refractivity contribution is 14.1. The van der Waals surface area contributed by atoms with Crippen molar-refractivity contribution in [1.29, 1.82) is 0 Å². The summed E-state index contributed by atoms with van der Waals surface area (Å²) >= 11 is 2.26. The third kappa shape index (κ3) is 2.18. The molecular formula is C15H11IN2O2. The van der Waals surface area contributed by atoms with Crippen LogP contribution in [0.3, 0.4) is 0 Å². The lowest BCUT2D eigenvalue weighted by atomic mass is 10.2. The lowest BCUT2D eigenvalue weighted by molar-refractivity contribution is 0.0697. The molecule has 0 unspecified atom stereocenters. The Morgan fingerprint density at radius 3 is 2.75 bits per heavy atom. The fourth-order valence-corrected chi connectivity index (χ4v) is 2.80. The van der Waals surface area contributed by atoms with Crippen LogP contribution in [0, 0.1) is 10.5 Å². The zero-order chi connectivity index (χ0) is 14.3. The number of imidazole rings is 1. The molecule has 0 amide bonds. The van der Waals surface area contributed by atoms with Gasteiger partial charge in [0.05, 0.1) is 16.6 Å². The van der Waals surface area contributed by atoms with Crippen molar-refractivity contribution in [3.8, 4) is 5.69 Å². The van der Waals surface area contributed by atoms with E-state index < -0.39 is 5.97 Å². The molecule has 100 valence electrons. The van der Waals surface area contributed by atoms with Gasteiger partial charge in [0.25, 0.3) is 0 Å². The number of aryl methyl sites for hydroxylation is 1. The molecule has 0 aliphatic rings. The van der Waals surface area contributed by atoms with E-state index in [1.54, 1.807) is 18.2 Å². The van der Waals surface area contributed by atoms with Crippen LogP contribution in [0.15, 0.2) is 42.5 Å². The molecule has 0 saturated heterocycles. The number of carbonyl (C=O) groups is 1. The number of carboxylic acids is 1. The summed E-state index contributed by atoms with van der Waals surface area (Å²) in [6, 6.07) is 13.0. The van der Waals surface area contributed by atoms with Crippen LogP contribution in [-0.2, 0) is 0 Å². The molecule has 0 saturated carbocycles. The summed E-state index contributed by atoms with van der Waals surface area (Å²) in [6.45, 7) is 1.92. The third-order valence-electron chi connectivity index (χ3n) is 3.14. The van der Waals surface area contributed by atoms with Gasteiger partial charge in [0.2, 0.25) is 0 Å². The van der Waals surface area contributed by atoms with Gasteiger partial charge < -0.3 is 5.11 Å². The number of carboxylic acid groups (broad SMARTS) is 1. The fourth-order valence-electron chi connectivity index (χ4n) is 2.27. The number of aromatic carboxylic acids is 1. The first-order chi connectivity index (χ1) is 9.56. The van der Waals surface area contributed by atoms with Crippen molar-refractivity contribution in [2.75, 3.05) is 0 Å². The van der Waals surface area contributed by atoms with E-state index in [2.05, 4.69) is 27.6 Å². The van der Waals surface area contributed by atoms with Gasteiger partial charge in [-0.25, -0.2) is 9.78 Å². The molecule has 0 spiro atoms. The van der Waals surface area contributed by atoms with Crippen molar-refractivity contribution in [2.24, 2.45) is 0 Å². The molecule has 2 aromatic carbocycles. The maximum absolute atomic E-state index is 11.1. The number of fused-ring (bicyclic) bond motifs is 1. The van der Waals surface area contributed by atoms with E-state index in [9.17, 15) is 4.79 Å². The van der Waals surface area contributed by atoms with E-state index in [0.29, 0.717) is 0 Å². The summed E-state index contributed by atoms with van der Waals surface area (Å²) in [7, 11) is 0. The topological polar surface area (TPSA) is 55.1 Å². The van der Waals surface area contributed by atoms with E-state index in [1.807, 2.05) is 35.8 Å². The Balaban J connectivity index is 2.31. The Morgan fingerprint density at radius 2 is 2.05 bits per heavy atom. The molecule has 0 bridgehead atoms. The maximum Gasteiger partial charge on any atom is 0.335 e. The first-order valence-corrected chi connectivity index (χ1v) is 7.12. The van der Waals surface area contributed by atoms with Gasteiger partial charge in [-0.2, -0.15) is 0 Å². The lowest BCUT2D eigenvalue weighted by Crippen LogP contribution is -1.99. The molecule has 1 heterocycles. The minimum absolute atomic E-state index is 0.268. The summed E-state index contributed by atoms with van der Waals surface area (Å²) in [5.41, 5.74) is 2.86. The van der Waals surface area contributed by atoms with Crippen LogP contribution >= 0.6 is 22.6 Å². The average Bonchev–Trinajstić information content (AvgIpc) is 2.73. The molecule has 1 aromatic heterocycles. The van der Waals surface area contributed by atoms with Gasteiger partial charge in [0.15, 0.2) is 0 Å². The van der Waals surface area contributed by atoms with Crippen LogP contribution in [0.1, 0.15) is 16.2 Å². The monoisotopic (exact) mass is 378 g/mol. The second kappa shape index (κ2) is 4.90. The van der Waals surface area contributed by atoms with Crippen molar-refractivity contribution in [2.45, 2.75) is 6.92 Å². The first-order valence-electron chi connectivity index (χ1n) is 6.04. The highest BCUT2D eigenvalue weighted by Crippen LogP contribution is 2.23. The highest BCUT2D eigenvalue weighted by Gasteiger charge is 2.12. The maximum atomic E-state index is 11.1. The van der Waals surface area contributed by atoms with Gasteiger partial charge in [0.1, 0.15) is 5.82 Å². The normalized spacial score (nSPS) is 10.9. The molecule has 1 N–H and O–H groups in total. The summed E-state index contributed by atoms with van der Waals surface area (Å²) in [6.07, 6.45) is 0. The molecule has 0 fully saturated rings. The third-order valence-corrected chi connectivity index (χ3v) is 3.81. The number of hydrogen-bond acceptors (Lipinski definition) is 2. The van der Waals surface area contributed by atoms with Gasteiger partial charge in [-0.05, 0) is 65.9 Å². The van der Waals surface area contributed by atoms with Crippen molar-refractivity contribution < 1.29 is 9.90 Å². The quantitative estimate of drug-likeness (QED) is 0.693. The van der Waals surface area contributed by atoms with Crippen molar-refractivity contribution in [3.63, 3.8) is 0 Å². The minimum Gasteiger partial charge on any atom is -0.478 e. The lowest BCUT2D eigenvalue weighted by Gasteiger charge is -2.07. The van der Waals surface area contributed by atoms with Crippen LogP contribution in [0.5, 0.6) is 0 Å². The molecule has 0 atom stereocenters. The smallest absolute Gasteiger partial charge is 0.335 e. The molecule has 20 heavy (non-hydrogen) atoms. The predicted molar refractivity (Wildman–Crippen MR) is 85.5 cm³/mol. The second-order valence-corrected chi connectivity index (χ2v) is 5.73. The number of aromatic nitrogens is 2. The van der Waals surface area contributed by atoms with E-state index in [1.165, 1.54) is 0 Å². The molecule has 0 radical (unpaired) electrons. The van der Waals surface area contributed by atoms with E-state index in [-0.39, 0.29) is 5.56 Å². The van der Waals surface area contributed by atoms with Crippen LogP contribution in [0.4, 0.5) is 0 Å². The fraction of sp³-hybridized carbons (Fsp3) is 0.0667. The van der Waals surface area contributed by atoms with E-state index in [0.717, 1.165) is 26.1 Å². The summed E-state index contributed by atoms with van der Waals surface area (Å²) in [4.78, 5) is 15.6. The Morgan fingerprint density at radius 1 is 1.25 bits per heavy atom. The Bertz CT molecular complexity index is 824. The van der Waals surface area contributed by atoms with Crippen LogP contribution in [0.25, 0.3) is 16.7 Å². The van der Waals surface area contributed by atoms with E-state index in [4.69, 9.17) is 5.11 Å². The molecule has 3 rings (SSSR count). The highest BCUT2D eigenvalue weighted by atomic mass is 127. The predicted octanol–water partition coefficient (Wildman–Crippen LogP) is 3.64. The van der Waals surface area contributed by atoms with Crippen LogP contribution < -0.4 is 0 Å². The Hall–Kier alpha value is -1.89. The Kier molecular flexibility index (Phi) is 3.21. The molecule has 0 aliphatic carbocycles. The zero-order valence-electron chi connectivity index (χ0n) is 10.7. The summed E-state index contributed by atoms with van der Waals surface area (Å²) in [5.74, 6) is -0.0931. The number of nitrogens with zero attached hydrogens (tertiary/aromatic N) is 2. The second-order valence-electron chi connectivity index (χ2n) is 4.48. The van der Waals surface area contributed by atoms with Gasteiger partial charge in [0, 0.05) is 9.26 Å². The zero-order valence-corrected chi connectivity index (χ0v) is 12.8. The van der Waals surface area contributed by atoms with Crippen molar-refractivity contribution in [1.82, 2.24) is 9.55 Å². The van der Waals surface area contributed by atoms with Crippen molar-refractivity contribution >= 4 is 39.6 Å². The minimum atomic E-state index is -0.931. The van der Waals surface area contributed by atoms with E-state index >= 15 is 0 Å². The number of halogens is 1. The molecule has 5 heteroatoms. The van der Waals surface area contributed by atoms with Gasteiger partial charge in [-0.3, -0.25) is 4.57 Å². The number of hydrogen-bond donors (Lipinski definition) is 1. The summed E-state index contributed by atoms with van der Waals surface area (Å²) < 4.78 is 3.10. The van der Waals surface area contributed by atoms with Gasteiger partial charge >= 0.3 is 5.97 Å². The first kappa shape index (κ1) is 13.1. The molecular weight excluding hydrogens is 367 g/mol. The van der Waals surface area contributed by atoms with Crippen LogP contribution in [0.2, 0.25) is 0 Å². The van der Waals surface area contributed by atoms with Crippen molar-refractivity contribution in [3.05, 3.63) is 57.4 Å². The van der Waals surface area contributed by atoms with Gasteiger partial charge in [-0.1, -0.05) is 6.07 Å². The Labute approximate surface area is 129 Å². The molecule has 3 aromatic rings. The largest absolute Gasteiger partial charge is 0.478 e. The molecule has 4 nitrogen and oxygen atoms in total. The average molecular weight is 378 g/mol. The van der Waals surface area contributed by atoms with Gasteiger partial charge in [-0.15, -0.1) is 0 Å². The summed E-state index contributed by atoms with van der Waals surface area (Å²) in [5, 5.41) is 9.13. The molecule has 0 aliphatic heterocycles. The number of benzene rings is 2. The van der Waals surface area contributed by atoms with Crippen LogP contribution in [-0.4, -0.2) is 20.6 Å². The standard InChI is InChI=1S/C15H11IN2O2/c1-9-17-13-6-5-10(15(19)20)7-14(13)18(9)12-4-2-3-11(16)8-12/h2-8H,1H3,(H,19,20). The number of rotatable bonds is 2.